The van der Waals surface area contributed by atoms with Gasteiger partial charge in [0.05, 0.1) is 11.3 Å². The number of nitrogens with zero attached hydrogens (tertiary/aromatic N) is 3. The van der Waals surface area contributed by atoms with Gasteiger partial charge in [-0.05, 0) is 57.2 Å². The number of aryl methyl sites for hydroxylation is 4. The fourth-order valence-electron chi connectivity index (χ4n) is 5.58. The number of rotatable bonds is 5. The fourth-order valence-corrected chi connectivity index (χ4v) is 5.58. The molecular formula is C29H33N4O3+. The molecule has 1 N–H and O–H groups in total. The van der Waals surface area contributed by atoms with E-state index in [9.17, 15) is 14.4 Å². The summed E-state index contributed by atoms with van der Waals surface area (Å²) in [6, 6.07) is 9.63. The van der Waals surface area contributed by atoms with Gasteiger partial charge in [-0.15, -0.1) is 0 Å². The van der Waals surface area contributed by atoms with Crippen LogP contribution in [-0.4, -0.2) is 32.5 Å². The maximum Gasteiger partial charge on any atom is 0.327 e. The van der Waals surface area contributed by atoms with E-state index in [1.165, 1.54) is 9.58 Å². The molecular weight excluding hydrogens is 452 g/mol. The second kappa shape index (κ2) is 9.37. The van der Waals surface area contributed by atoms with E-state index in [4.69, 9.17) is 0 Å². The Morgan fingerprint density at radius 1 is 0.944 bits per heavy atom. The maximum absolute atomic E-state index is 14.0. The molecule has 1 aliphatic heterocycles. The third-order valence-electron chi connectivity index (χ3n) is 7.51. The van der Waals surface area contributed by atoms with Crippen molar-refractivity contribution in [3.8, 4) is 5.69 Å². The van der Waals surface area contributed by atoms with Crippen molar-refractivity contribution in [2.24, 2.45) is 0 Å². The molecule has 0 saturated heterocycles. The van der Waals surface area contributed by atoms with E-state index in [1.807, 2.05) is 56.6 Å². The third kappa shape index (κ3) is 3.92. The lowest BCUT2D eigenvalue weighted by Gasteiger charge is -2.29. The summed E-state index contributed by atoms with van der Waals surface area (Å²) in [6.07, 6.45) is 9.20. The predicted molar refractivity (Wildman–Crippen MR) is 138 cm³/mol. The summed E-state index contributed by atoms with van der Waals surface area (Å²) in [7, 11) is 0. The van der Waals surface area contributed by atoms with Crippen LogP contribution in [0.25, 0.3) is 17.0 Å². The van der Waals surface area contributed by atoms with E-state index in [0.29, 0.717) is 5.69 Å². The van der Waals surface area contributed by atoms with Gasteiger partial charge in [0, 0.05) is 23.9 Å². The Bertz CT molecular complexity index is 1440. The number of hydrogen-bond donors (Lipinski definition) is 1. The van der Waals surface area contributed by atoms with E-state index in [2.05, 4.69) is 12.0 Å². The second-order valence-electron chi connectivity index (χ2n) is 10.0. The smallest absolute Gasteiger partial charge is 0.295 e. The van der Waals surface area contributed by atoms with E-state index in [1.54, 1.807) is 11.5 Å². The minimum absolute atomic E-state index is 0.136. The zero-order chi connectivity index (χ0) is 25.6. The average Bonchev–Trinajstić information content (AvgIpc) is 3.30. The first-order chi connectivity index (χ1) is 17.3. The molecule has 3 heterocycles. The van der Waals surface area contributed by atoms with Crippen LogP contribution in [0.2, 0.25) is 0 Å². The zero-order valence-electron chi connectivity index (χ0n) is 21.4. The number of hydrogen-bond acceptors (Lipinski definition) is 3. The topological polar surface area (TPSA) is 79.1 Å². The number of carbonyl (C=O) groups is 2. The SMILES string of the molecule is CCc1cc[n+](C2=C(c3c(C)[nH]n(-c4ccc(C)cc4C)c3=O)C(=O)N(C3CCCCC3)C2=O)cc1. The van der Waals surface area contributed by atoms with E-state index in [-0.39, 0.29) is 40.2 Å². The van der Waals surface area contributed by atoms with Crippen LogP contribution in [-0.2, 0) is 16.0 Å². The van der Waals surface area contributed by atoms with Crippen molar-refractivity contribution in [3.05, 3.63) is 81.0 Å². The number of pyridine rings is 1. The van der Waals surface area contributed by atoms with Crippen LogP contribution in [0, 0.1) is 20.8 Å². The van der Waals surface area contributed by atoms with Crippen LogP contribution in [0.3, 0.4) is 0 Å². The monoisotopic (exact) mass is 485 g/mol. The lowest BCUT2D eigenvalue weighted by molar-refractivity contribution is -0.577. The summed E-state index contributed by atoms with van der Waals surface area (Å²) < 4.78 is 3.18. The Hall–Kier alpha value is -3.74. The van der Waals surface area contributed by atoms with Gasteiger partial charge in [0.2, 0.25) is 0 Å². The largest absolute Gasteiger partial charge is 0.327 e. The number of carbonyl (C=O) groups excluding carboxylic acids is 2. The summed E-state index contributed by atoms with van der Waals surface area (Å²) in [4.78, 5) is 43.1. The van der Waals surface area contributed by atoms with Gasteiger partial charge < -0.3 is 0 Å². The van der Waals surface area contributed by atoms with Crippen molar-refractivity contribution in [2.75, 3.05) is 0 Å². The van der Waals surface area contributed by atoms with Gasteiger partial charge in [-0.1, -0.05) is 43.9 Å². The van der Waals surface area contributed by atoms with Crippen molar-refractivity contribution in [1.29, 1.82) is 0 Å². The van der Waals surface area contributed by atoms with E-state index in [0.717, 1.165) is 60.9 Å². The van der Waals surface area contributed by atoms with Crippen LogP contribution in [0.4, 0.5) is 0 Å². The van der Waals surface area contributed by atoms with Gasteiger partial charge in [0.15, 0.2) is 12.4 Å². The van der Waals surface area contributed by atoms with Gasteiger partial charge in [-0.25, -0.2) is 4.68 Å². The van der Waals surface area contributed by atoms with Crippen molar-refractivity contribution >= 4 is 23.1 Å². The van der Waals surface area contributed by atoms with Crippen molar-refractivity contribution in [2.45, 2.75) is 72.3 Å². The van der Waals surface area contributed by atoms with Crippen LogP contribution >= 0.6 is 0 Å². The highest BCUT2D eigenvalue weighted by Gasteiger charge is 2.49. The Kier molecular flexibility index (Phi) is 6.24. The van der Waals surface area contributed by atoms with Crippen LogP contribution in [0.15, 0.2) is 47.5 Å². The molecule has 0 unspecified atom stereocenters. The van der Waals surface area contributed by atoms with Gasteiger partial charge in [-0.2, -0.15) is 4.57 Å². The van der Waals surface area contributed by atoms with Crippen molar-refractivity contribution < 1.29 is 14.2 Å². The Morgan fingerprint density at radius 3 is 2.28 bits per heavy atom. The van der Waals surface area contributed by atoms with Crippen molar-refractivity contribution in [3.63, 3.8) is 0 Å². The molecule has 1 fully saturated rings. The normalized spacial score (nSPS) is 16.9. The number of nitrogens with one attached hydrogen (secondary N) is 1. The predicted octanol–water partition coefficient (Wildman–Crippen LogP) is 4.01. The molecule has 3 aromatic rings. The molecule has 7 heteroatoms. The first kappa shape index (κ1) is 24.0. The van der Waals surface area contributed by atoms with Crippen molar-refractivity contribution in [1.82, 2.24) is 14.7 Å². The second-order valence-corrected chi connectivity index (χ2v) is 10.0. The first-order valence-corrected chi connectivity index (χ1v) is 12.8. The molecule has 2 aromatic heterocycles. The molecule has 7 nitrogen and oxygen atoms in total. The Morgan fingerprint density at radius 2 is 1.64 bits per heavy atom. The Balaban J connectivity index is 1.70. The highest BCUT2D eigenvalue weighted by Crippen LogP contribution is 2.35. The maximum atomic E-state index is 14.0. The molecule has 0 atom stereocenters. The molecule has 186 valence electrons. The minimum atomic E-state index is -0.374. The number of aromatic amines is 1. The van der Waals surface area contributed by atoms with Crippen LogP contribution in [0.1, 0.15) is 67.0 Å². The summed E-state index contributed by atoms with van der Waals surface area (Å²) in [5.41, 5.74) is 4.82. The molecule has 2 amide bonds. The van der Waals surface area contributed by atoms with Gasteiger partial charge in [-0.3, -0.25) is 24.4 Å². The minimum Gasteiger partial charge on any atom is -0.295 e. The quantitative estimate of drug-likeness (QED) is 0.438. The summed E-state index contributed by atoms with van der Waals surface area (Å²) in [5.74, 6) is -0.699. The molecule has 2 aliphatic rings. The number of benzene rings is 1. The standard InChI is InChI=1S/C29H32N4O3/c1-5-21-13-15-31(16-14-21)26-25(27(34)32(29(26)36)22-9-7-6-8-10-22)24-20(4)30-33(28(24)35)23-12-11-18(2)17-19(23)3/h11-17,22H,5-10H2,1-4H3/p+1. The van der Waals surface area contributed by atoms with E-state index < -0.39 is 0 Å². The lowest BCUT2D eigenvalue weighted by atomic mass is 9.94. The number of H-pyrrole nitrogens is 1. The summed E-state index contributed by atoms with van der Waals surface area (Å²) >= 11 is 0. The molecule has 0 bridgehead atoms. The highest BCUT2D eigenvalue weighted by atomic mass is 16.2. The molecule has 1 saturated carbocycles. The summed E-state index contributed by atoms with van der Waals surface area (Å²) in [5, 5.41) is 3.17. The van der Waals surface area contributed by atoms with E-state index >= 15 is 0 Å². The molecule has 36 heavy (non-hydrogen) atoms. The fraction of sp³-hybridized carbons (Fsp3) is 0.379. The van der Waals surface area contributed by atoms with Crippen LogP contribution < -0.4 is 10.1 Å². The highest BCUT2D eigenvalue weighted by molar-refractivity contribution is 6.44. The number of amides is 2. The molecule has 0 radical (unpaired) electrons. The summed E-state index contributed by atoms with van der Waals surface area (Å²) in [6.45, 7) is 7.81. The molecule has 5 rings (SSSR count). The van der Waals surface area contributed by atoms with Gasteiger partial charge >= 0.3 is 5.91 Å². The number of imide groups is 1. The van der Waals surface area contributed by atoms with Gasteiger partial charge in [0.25, 0.3) is 17.2 Å². The third-order valence-corrected chi connectivity index (χ3v) is 7.51. The van der Waals surface area contributed by atoms with Crippen LogP contribution in [0.5, 0.6) is 0 Å². The average molecular weight is 486 g/mol. The zero-order valence-corrected chi connectivity index (χ0v) is 21.4. The molecule has 0 spiro atoms. The first-order valence-electron chi connectivity index (χ1n) is 12.8. The number of aromatic nitrogens is 3. The molecule has 1 aromatic carbocycles. The molecule has 1 aliphatic carbocycles. The van der Waals surface area contributed by atoms with Gasteiger partial charge in [0.1, 0.15) is 5.57 Å². The lowest BCUT2D eigenvalue weighted by Crippen LogP contribution is -2.45. The Labute approximate surface area is 211 Å².